The molecule has 0 aromatic carbocycles. The predicted molar refractivity (Wildman–Crippen MR) is 77.7 cm³/mol. The second kappa shape index (κ2) is 6.73. The molecule has 5 heteroatoms. The monoisotopic (exact) mass is 285 g/mol. The Labute approximate surface area is 120 Å². The maximum Gasteiger partial charge on any atom is 0.130 e. The van der Waals surface area contributed by atoms with Crippen molar-refractivity contribution in [1.29, 1.82) is 0 Å². The molecule has 0 amide bonds. The summed E-state index contributed by atoms with van der Waals surface area (Å²) < 4.78 is 7.59. The number of hydrogen-bond donors (Lipinski definition) is 1. The van der Waals surface area contributed by atoms with Gasteiger partial charge in [0.2, 0.25) is 0 Å². The summed E-state index contributed by atoms with van der Waals surface area (Å²) in [6.45, 7) is 6.10. The minimum absolute atomic E-state index is 0.308. The zero-order chi connectivity index (χ0) is 13.8. The van der Waals surface area contributed by atoms with E-state index in [2.05, 4.69) is 17.3 Å². The fraction of sp³-hybridized carbons (Fsp3) is 0.786. The van der Waals surface area contributed by atoms with Crippen LogP contribution in [0.2, 0.25) is 5.15 Å². The van der Waals surface area contributed by atoms with Crippen LogP contribution in [-0.2, 0) is 18.2 Å². The maximum atomic E-state index is 6.33. The van der Waals surface area contributed by atoms with E-state index in [1.807, 2.05) is 14.0 Å². The molecule has 2 rings (SSSR count). The Kier molecular flexibility index (Phi) is 5.25. The summed E-state index contributed by atoms with van der Waals surface area (Å²) in [4.78, 5) is 0. The molecule has 2 atom stereocenters. The summed E-state index contributed by atoms with van der Waals surface area (Å²) in [6.07, 6.45) is 4.63. The molecule has 1 aliphatic rings. The third kappa shape index (κ3) is 3.50. The van der Waals surface area contributed by atoms with E-state index in [0.717, 1.165) is 55.2 Å². The van der Waals surface area contributed by atoms with Crippen LogP contribution in [0.25, 0.3) is 0 Å². The predicted octanol–water partition coefficient (Wildman–Crippen LogP) is 2.47. The van der Waals surface area contributed by atoms with E-state index < -0.39 is 0 Å². The first-order valence-corrected chi connectivity index (χ1v) is 7.54. The highest BCUT2D eigenvalue weighted by Gasteiger charge is 2.27. The van der Waals surface area contributed by atoms with Crippen molar-refractivity contribution in [3.8, 4) is 0 Å². The first kappa shape index (κ1) is 14.8. The van der Waals surface area contributed by atoms with Crippen molar-refractivity contribution < 1.29 is 4.74 Å². The third-order valence-corrected chi connectivity index (χ3v) is 4.24. The number of hydrogen-bond acceptors (Lipinski definition) is 3. The number of nitrogens with zero attached hydrogens (tertiary/aromatic N) is 2. The summed E-state index contributed by atoms with van der Waals surface area (Å²) >= 11 is 6.33. The van der Waals surface area contributed by atoms with Crippen LogP contribution >= 0.6 is 11.6 Å². The van der Waals surface area contributed by atoms with Crippen molar-refractivity contribution >= 4 is 11.6 Å². The molecule has 0 saturated carbocycles. The smallest absolute Gasteiger partial charge is 0.130 e. The van der Waals surface area contributed by atoms with Crippen LogP contribution in [0.5, 0.6) is 0 Å². The van der Waals surface area contributed by atoms with Gasteiger partial charge in [-0.05, 0) is 39.2 Å². The number of aryl methyl sites for hydroxylation is 2. The Balaban J connectivity index is 2.09. The van der Waals surface area contributed by atoms with Crippen molar-refractivity contribution in [2.24, 2.45) is 7.05 Å². The Hall–Kier alpha value is -0.580. The van der Waals surface area contributed by atoms with Crippen LogP contribution in [-0.4, -0.2) is 35.1 Å². The highest BCUT2D eigenvalue weighted by Crippen LogP contribution is 2.24. The Morgan fingerprint density at radius 3 is 2.89 bits per heavy atom. The van der Waals surface area contributed by atoms with E-state index in [4.69, 9.17) is 16.3 Å². The molecule has 0 bridgehead atoms. The summed E-state index contributed by atoms with van der Waals surface area (Å²) in [7, 11) is 1.89. The van der Waals surface area contributed by atoms with Gasteiger partial charge in [0.05, 0.1) is 11.8 Å². The number of aromatic nitrogens is 2. The molecule has 1 aromatic heterocycles. The first-order chi connectivity index (χ1) is 9.13. The number of ether oxygens (including phenoxy) is 1. The Bertz CT molecular complexity index is 413. The molecule has 0 aliphatic carbocycles. The van der Waals surface area contributed by atoms with E-state index >= 15 is 0 Å². The van der Waals surface area contributed by atoms with Gasteiger partial charge in [-0.15, -0.1) is 0 Å². The molecule has 1 fully saturated rings. The molecule has 1 aromatic rings. The molecule has 0 spiro atoms. The second-order valence-electron chi connectivity index (χ2n) is 5.29. The second-order valence-corrected chi connectivity index (χ2v) is 5.65. The van der Waals surface area contributed by atoms with Gasteiger partial charge in [0.25, 0.3) is 0 Å². The zero-order valence-electron chi connectivity index (χ0n) is 12.1. The summed E-state index contributed by atoms with van der Waals surface area (Å²) in [6, 6.07) is 0.336. The van der Waals surface area contributed by atoms with Crippen molar-refractivity contribution in [2.45, 2.75) is 51.7 Å². The molecule has 1 N–H and O–H groups in total. The van der Waals surface area contributed by atoms with E-state index in [-0.39, 0.29) is 0 Å². The maximum absolute atomic E-state index is 6.33. The van der Waals surface area contributed by atoms with Crippen LogP contribution in [0.3, 0.4) is 0 Å². The fourth-order valence-electron chi connectivity index (χ4n) is 2.71. The number of rotatable bonds is 6. The molecule has 0 radical (unpaired) electrons. The molecule has 108 valence electrons. The van der Waals surface area contributed by atoms with Gasteiger partial charge < -0.3 is 10.1 Å². The quantitative estimate of drug-likeness (QED) is 0.873. The summed E-state index contributed by atoms with van der Waals surface area (Å²) in [5.74, 6) is 0. The lowest BCUT2D eigenvalue weighted by molar-refractivity contribution is 0.0783. The third-order valence-electron chi connectivity index (χ3n) is 3.76. The molecule has 1 aliphatic heterocycles. The highest BCUT2D eigenvalue weighted by atomic mass is 35.5. The highest BCUT2D eigenvalue weighted by molar-refractivity contribution is 6.30. The van der Waals surface area contributed by atoms with Gasteiger partial charge in [-0.25, -0.2) is 0 Å². The normalized spacial score (nSPS) is 20.9. The summed E-state index contributed by atoms with van der Waals surface area (Å²) in [5.41, 5.74) is 2.17. The van der Waals surface area contributed by atoms with Crippen LogP contribution in [0.15, 0.2) is 0 Å². The van der Waals surface area contributed by atoms with Gasteiger partial charge in [-0.3, -0.25) is 4.68 Å². The van der Waals surface area contributed by atoms with E-state index in [1.165, 1.54) is 0 Å². The largest absolute Gasteiger partial charge is 0.377 e. The molecule has 4 nitrogen and oxygen atoms in total. The lowest BCUT2D eigenvalue weighted by Crippen LogP contribution is -2.41. The van der Waals surface area contributed by atoms with Crippen LogP contribution in [0, 0.1) is 6.92 Å². The van der Waals surface area contributed by atoms with Crippen molar-refractivity contribution in [3.05, 3.63) is 16.4 Å². The lowest BCUT2D eigenvalue weighted by Gasteiger charge is -2.24. The SMILES string of the molecule is CCCNC(Cc1c(C)nn(C)c1Cl)C1CCCO1. The van der Waals surface area contributed by atoms with Crippen molar-refractivity contribution in [3.63, 3.8) is 0 Å². The average molecular weight is 286 g/mol. The minimum Gasteiger partial charge on any atom is -0.377 e. The standard InChI is InChI=1S/C14H24ClN3O/c1-4-7-16-12(13-6-5-8-19-13)9-11-10(2)17-18(3)14(11)15/h12-13,16H,4-9H2,1-3H3. The van der Waals surface area contributed by atoms with Gasteiger partial charge in [0.15, 0.2) is 0 Å². The molecule has 1 saturated heterocycles. The van der Waals surface area contributed by atoms with E-state index in [1.54, 1.807) is 4.68 Å². The van der Waals surface area contributed by atoms with Gasteiger partial charge in [0.1, 0.15) is 5.15 Å². The van der Waals surface area contributed by atoms with Crippen molar-refractivity contribution in [2.75, 3.05) is 13.2 Å². The minimum atomic E-state index is 0.308. The van der Waals surface area contributed by atoms with Crippen LogP contribution in [0.1, 0.15) is 37.4 Å². The average Bonchev–Trinajstić information content (AvgIpc) is 2.98. The topological polar surface area (TPSA) is 39.1 Å². The van der Waals surface area contributed by atoms with Gasteiger partial charge in [0, 0.05) is 25.3 Å². The Morgan fingerprint density at radius 2 is 2.37 bits per heavy atom. The van der Waals surface area contributed by atoms with E-state index in [0.29, 0.717) is 12.1 Å². The molecule has 2 heterocycles. The first-order valence-electron chi connectivity index (χ1n) is 7.16. The molecule has 2 unspecified atom stereocenters. The summed E-state index contributed by atoms with van der Waals surface area (Å²) in [5, 5.41) is 8.74. The molecular weight excluding hydrogens is 262 g/mol. The van der Waals surface area contributed by atoms with Crippen molar-refractivity contribution in [1.82, 2.24) is 15.1 Å². The fourth-order valence-corrected chi connectivity index (χ4v) is 2.96. The number of halogens is 1. The van der Waals surface area contributed by atoms with Crippen LogP contribution in [0.4, 0.5) is 0 Å². The van der Waals surface area contributed by atoms with Gasteiger partial charge in [-0.1, -0.05) is 18.5 Å². The molecular formula is C14H24ClN3O. The van der Waals surface area contributed by atoms with Gasteiger partial charge in [-0.2, -0.15) is 5.10 Å². The number of nitrogens with one attached hydrogen (secondary N) is 1. The van der Waals surface area contributed by atoms with E-state index in [9.17, 15) is 0 Å². The van der Waals surface area contributed by atoms with Gasteiger partial charge >= 0.3 is 0 Å². The molecule has 19 heavy (non-hydrogen) atoms. The lowest BCUT2D eigenvalue weighted by atomic mass is 9.99. The zero-order valence-corrected chi connectivity index (χ0v) is 12.8. The Morgan fingerprint density at radius 1 is 1.58 bits per heavy atom. The van der Waals surface area contributed by atoms with Crippen LogP contribution < -0.4 is 5.32 Å².